The molecule has 6 heteroatoms. The van der Waals surface area contributed by atoms with E-state index in [1.54, 1.807) is 7.11 Å². The SMILES string of the molecule is CCCNC(c1cnn(CCC)c1)c1ccc(OC)nn1. The lowest BCUT2D eigenvalue weighted by Gasteiger charge is -2.16. The Bertz CT molecular complexity index is 537. The zero-order chi connectivity index (χ0) is 15.1. The minimum atomic E-state index is 0.00830. The second kappa shape index (κ2) is 7.73. The molecule has 0 aromatic carbocycles. The number of ether oxygens (including phenoxy) is 1. The molecule has 0 saturated carbocycles. The van der Waals surface area contributed by atoms with Crippen LogP contribution in [0.1, 0.15) is 44.0 Å². The van der Waals surface area contributed by atoms with Crippen molar-refractivity contribution in [3.63, 3.8) is 0 Å². The van der Waals surface area contributed by atoms with Gasteiger partial charge < -0.3 is 10.1 Å². The zero-order valence-corrected chi connectivity index (χ0v) is 12.9. The third-order valence-electron chi connectivity index (χ3n) is 3.20. The number of hydrogen-bond acceptors (Lipinski definition) is 5. The summed E-state index contributed by atoms with van der Waals surface area (Å²) in [5.41, 5.74) is 1.98. The molecule has 0 radical (unpaired) electrons. The lowest BCUT2D eigenvalue weighted by molar-refractivity contribution is 0.390. The summed E-state index contributed by atoms with van der Waals surface area (Å²) in [6.07, 6.45) is 6.09. The maximum Gasteiger partial charge on any atom is 0.233 e. The maximum absolute atomic E-state index is 5.06. The van der Waals surface area contributed by atoms with Crippen molar-refractivity contribution in [1.82, 2.24) is 25.3 Å². The molecule has 2 aromatic rings. The molecule has 0 bridgehead atoms. The van der Waals surface area contributed by atoms with E-state index in [0.29, 0.717) is 5.88 Å². The molecular weight excluding hydrogens is 266 g/mol. The molecule has 0 aliphatic heterocycles. The van der Waals surface area contributed by atoms with Crippen molar-refractivity contribution < 1.29 is 4.74 Å². The van der Waals surface area contributed by atoms with Crippen molar-refractivity contribution in [1.29, 1.82) is 0 Å². The summed E-state index contributed by atoms with van der Waals surface area (Å²) in [6, 6.07) is 3.78. The van der Waals surface area contributed by atoms with Gasteiger partial charge in [-0.25, -0.2) is 0 Å². The Hall–Kier alpha value is -1.95. The smallest absolute Gasteiger partial charge is 0.233 e. The average molecular weight is 289 g/mol. The van der Waals surface area contributed by atoms with E-state index in [2.05, 4.69) is 40.7 Å². The van der Waals surface area contributed by atoms with Gasteiger partial charge in [0.2, 0.25) is 5.88 Å². The lowest BCUT2D eigenvalue weighted by atomic mass is 10.1. The molecule has 0 aliphatic carbocycles. The molecule has 1 N–H and O–H groups in total. The minimum Gasteiger partial charge on any atom is -0.480 e. The van der Waals surface area contributed by atoms with E-state index in [-0.39, 0.29) is 6.04 Å². The topological polar surface area (TPSA) is 64.9 Å². The number of rotatable bonds is 8. The van der Waals surface area contributed by atoms with Crippen LogP contribution in [0.4, 0.5) is 0 Å². The van der Waals surface area contributed by atoms with E-state index in [9.17, 15) is 0 Å². The largest absolute Gasteiger partial charge is 0.480 e. The fraction of sp³-hybridized carbons (Fsp3) is 0.533. The van der Waals surface area contributed by atoms with E-state index < -0.39 is 0 Å². The third kappa shape index (κ3) is 4.01. The van der Waals surface area contributed by atoms with Gasteiger partial charge in [0.15, 0.2) is 0 Å². The van der Waals surface area contributed by atoms with E-state index >= 15 is 0 Å². The molecule has 21 heavy (non-hydrogen) atoms. The zero-order valence-electron chi connectivity index (χ0n) is 12.9. The second-order valence-corrected chi connectivity index (χ2v) is 4.92. The first-order valence-corrected chi connectivity index (χ1v) is 7.41. The number of hydrogen-bond donors (Lipinski definition) is 1. The maximum atomic E-state index is 5.06. The summed E-state index contributed by atoms with van der Waals surface area (Å²) in [6.45, 7) is 6.12. The number of nitrogens with zero attached hydrogens (tertiary/aromatic N) is 4. The number of aromatic nitrogens is 4. The highest BCUT2D eigenvalue weighted by Crippen LogP contribution is 2.20. The number of nitrogens with one attached hydrogen (secondary N) is 1. The Morgan fingerprint density at radius 3 is 2.71 bits per heavy atom. The molecule has 114 valence electrons. The summed E-state index contributed by atoms with van der Waals surface area (Å²) in [4.78, 5) is 0. The molecule has 0 aliphatic rings. The van der Waals surface area contributed by atoms with Crippen LogP contribution in [0.3, 0.4) is 0 Å². The second-order valence-electron chi connectivity index (χ2n) is 4.92. The van der Waals surface area contributed by atoms with Gasteiger partial charge in [-0.2, -0.15) is 5.10 Å². The van der Waals surface area contributed by atoms with Crippen molar-refractivity contribution >= 4 is 0 Å². The van der Waals surface area contributed by atoms with Gasteiger partial charge in [-0.15, -0.1) is 10.2 Å². The van der Waals surface area contributed by atoms with Crippen LogP contribution in [0.5, 0.6) is 5.88 Å². The van der Waals surface area contributed by atoms with Crippen molar-refractivity contribution in [2.75, 3.05) is 13.7 Å². The quantitative estimate of drug-likeness (QED) is 0.807. The molecule has 2 rings (SSSR count). The van der Waals surface area contributed by atoms with E-state index in [0.717, 1.165) is 37.2 Å². The number of methoxy groups -OCH3 is 1. The summed E-state index contributed by atoms with van der Waals surface area (Å²) in [7, 11) is 1.59. The average Bonchev–Trinajstić information content (AvgIpc) is 2.97. The van der Waals surface area contributed by atoms with Crippen LogP contribution in [0.2, 0.25) is 0 Å². The van der Waals surface area contributed by atoms with Crippen LogP contribution in [0.15, 0.2) is 24.5 Å². The summed E-state index contributed by atoms with van der Waals surface area (Å²) >= 11 is 0. The van der Waals surface area contributed by atoms with E-state index in [1.807, 2.05) is 23.0 Å². The lowest BCUT2D eigenvalue weighted by Crippen LogP contribution is -2.24. The molecule has 6 nitrogen and oxygen atoms in total. The van der Waals surface area contributed by atoms with E-state index in [4.69, 9.17) is 4.74 Å². The number of aryl methyl sites for hydroxylation is 1. The molecule has 0 fully saturated rings. The van der Waals surface area contributed by atoms with Crippen molar-refractivity contribution in [2.24, 2.45) is 0 Å². The molecular formula is C15H23N5O. The predicted octanol–water partition coefficient (Wildman–Crippen LogP) is 2.18. The summed E-state index contributed by atoms with van der Waals surface area (Å²) in [5.74, 6) is 0.523. The van der Waals surface area contributed by atoms with Gasteiger partial charge in [-0.1, -0.05) is 13.8 Å². The fourth-order valence-corrected chi connectivity index (χ4v) is 2.16. The normalized spacial score (nSPS) is 12.3. The fourth-order valence-electron chi connectivity index (χ4n) is 2.16. The van der Waals surface area contributed by atoms with Gasteiger partial charge >= 0.3 is 0 Å². The first kappa shape index (κ1) is 15.4. The monoisotopic (exact) mass is 289 g/mol. The van der Waals surface area contributed by atoms with Gasteiger partial charge in [-0.3, -0.25) is 4.68 Å². The molecule has 0 spiro atoms. The highest BCUT2D eigenvalue weighted by molar-refractivity contribution is 5.24. The van der Waals surface area contributed by atoms with E-state index in [1.165, 1.54) is 0 Å². The molecule has 1 atom stereocenters. The van der Waals surface area contributed by atoms with Crippen LogP contribution in [-0.2, 0) is 6.54 Å². The van der Waals surface area contributed by atoms with Crippen molar-refractivity contribution in [3.8, 4) is 5.88 Å². The van der Waals surface area contributed by atoms with Crippen LogP contribution in [0, 0.1) is 0 Å². The van der Waals surface area contributed by atoms with Gasteiger partial charge in [0.1, 0.15) is 0 Å². The highest BCUT2D eigenvalue weighted by Gasteiger charge is 2.17. The molecule has 2 heterocycles. The Morgan fingerprint density at radius 1 is 1.24 bits per heavy atom. The van der Waals surface area contributed by atoms with Crippen molar-refractivity contribution in [2.45, 2.75) is 39.3 Å². The highest BCUT2D eigenvalue weighted by atomic mass is 16.5. The van der Waals surface area contributed by atoms with Crippen LogP contribution >= 0.6 is 0 Å². The summed E-state index contributed by atoms with van der Waals surface area (Å²) in [5, 5.41) is 16.2. The molecule has 0 amide bonds. The minimum absolute atomic E-state index is 0.00830. The first-order valence-electron chi connectivity index (χ1n) is 7.41. The van der Waals surface area contributed by atoms with Crippen LogP contribution in [0.25, 0.3) is 0 Å². The van der Waals surface area contributed by atoms with Crippen molar-refractivity contribution in [3.05, 3.63) is 35.8 Å². The van der Waals surface area contributed by atoms with Crippen LogP contribution < -0.4 is 10.1 Å². The van der Waals surface area contributed by atoms with Gasteiger partial charge in [0.25, 0.3) is 0 Å². The Kier molecular flexibility index (Phi) is 5.68. The Labute approximate surface area is 125 Å². The molecule has 2 aromatic heterocycles. The van der Waals surface area contributed by atoms with Gasteiger partial charge in [0.05, 0.1) is 25.0 Å². The van der Waals surface area contributed by atoms with Crippen LogP contribution in [-0.4, -0.2) is 33.6 Å². The molecule has 1 unspecified atom stereocenters. The van der Waals surface area contributed by atoms with Gasteiger partial charge in [0, 0.05) is 24.4 Å². The first-order chi connectivity index (χ1) is 10.3. The Morgan fingerprint density at radius 2 is 2.10 bits per heavy atom. The Balaban J connectivity index is 2.22. The predicted molar refractivity (Wildman–Crippen MR) is 81.2 cm³/mol. The third-order valence-corrected chi connectivity index (χ3v) is 3.20. The van der Waals surface area contributed by atoms with Gasteiger partial charge in [-0.05, 0) is 25.5 Å². The summed E-state index contributed by atoms with van der Waals surface area (Å²) < 4.78 is 7.03. The molecule has 0 saturated heterocycles. The standard InChI is InChI=1S/C15H23N5O/c1-4-8-16-15(12-10-17-20(11-12)9-5-2)13-6-7-14(21-3)19-18-13/h6-7,10-11,15-16H,4-5,8-9H2,1-3H3.